The van der Waals surface area contributed by atoms with E-state index in [0.717, 1.165) is 0 Å². The maximum atomic E-state index is 13.6. The lowest BCUT2D eigenvalue weighted by molar-refractivity contribution is 0.420. The van der Waals surface area contributed by atoms with Gasteiger partial charge in [-0.15, -0.1) is 10.2 Å². The molecule has 2 aromatic rings. The SMILES string of the molecule is Cc1cccc(Oc2ccc(Cl)nn2)c1F. The van der Waals surface area contributed by atoms with Crippen LogP contribution in [0.3, 0.4) is 0 Å². The molecule has 0 aliphatic rings. The molecule has 0 bridgehead atoms. The number of aryl methyl sites for hydroxylation is 1. The second-order valence-electron chi connectivity index (χ2n) is 3.18. The Hall–Kier alpha value is -1.68. The third kappa shape index (κ3) is 2.28. The zero-order chi connectivity index (χ0) is 11.5. The fourth-order valence-corrected chi connectivity index (χ4v) is 1.27. The van der Waals surface area contributed by atoms with E-state index in [1.54, 1.807) is 19.1 Å². The molecule has 0 radical (unpaired) electrons. The topological polar surface area (TPSA) is 35.0 Å². The van der Waals surface area contributed by atoms with E-state index in [9.17, 15) is 4.39 Å². The number of halogens is 2. The number of ether oxygens (including phenoxy) is 1. The third-order valence-electron chi connectivity index (χ3n) is 1.98. The van der Waals surface area contributed by atoms with Crippen LogP contribution in [0, 0.1) is 12.7 Å². The smallest absolute Gasteiger partial charge is 0.239 e. The highest BCUT2D eigenvalue weighted by Gasteiger charge is 2.07. The average Bonchev–Trinajstić information content (AvgIpc) is 2.28. The minimum Gasteiger partial charge on any atom is -0.434 e. The normalized spacial score (nSPS) is 10.2. The van der Waals surface area contributed by atoms with Gasteiger partial charge < -0.3 is 4.74 Å². The Kier molecular flexibility index (Phi) is 3.01. The molecule has 0 atom stereocenters. The molecular weight excluding hydrogens is 231 g/mol. The summed E-state index contributed by atoms with van der Waals surface area (Å²) in [7, 11) is 0. The van der Waals surface area contributed by atoms with Crippen LogP contribution in [0.2, 0.25) is 5.15 Å². The second kappa shape index (κ2) is 4.45. The van der Waals surface area contributed by atoms with Crippen molar-refractivity contribution in [3.8, 4) is 11.6 Å². The zero-order valence-electron chi connectivity index (χ0n) is 8.45. The van der Waals surface area contributed by atoms with Gasteiger partial charge in [0.25, 0.3) is 0 Å². The first-order chi connectivity index (χ1) is 7.66. The number of benzene rings is 1. The molecule has 0 aliphatic carbocycles. The van der Waals surface area contributed by atoms with Crippen molar-refractivity contribution in [2.45, 2.75) is 6.92 Å². The summed E-state index contributed by atoms with van der Waals surface area (Å²) < 4.78 is 18.8. The average molecular weight is 239 g/mol. The van der Waals surface area contributed by atoms with Crippen LogP contribution in [0.1, 0.15) is 5.56 Å². The van der Waals surface area contributed by atoms with Crippen LogP contribution in [0.5, 0.6) is 11.6 Å². The summed E-state index contributed by atoms with van der Waals surface area (Å²) in [5.74, 6) is -0.0789. The molecule has 0 aliphatic heterocycles. The number of hydrogen-bond acceptors (Lipinski definition) is 3. The van der Waals surface area contributed by atoms with Crippen molar-refractivity contribution >= 4 is 11.6 Å². The lowest BCUT2D eigenvalue weighted by Crippen LogP contribution is -1.93. The number of nitrogens with zero attached hydrogens (tertiary/aromatic N) is 2. The van der Waals surface area contributed by atoms with E-state index >= 15 is 0 Å². The molecule has 2 rings (SSSR count). The molecule has 0 saturated heterocycles. The Bertz CT molecular complexity index is 502. The van der Waals surface area contributed by atoms with Gasteiger partial charge in [0.1, 0.15) is 0 Å². The van der Waals surface area contributed by atoms with Crippen LogP contribution in [-0.4, -0.2) is 10.2 Å². The molecule has 0 unspecified atom stereocenters. The number of hydrogen-bond donors (Lipinski definition) is 0. The first-order valence-electron chi connectivity index (χ1n) is 4.59. The lowest BCUT2D eigenvalue weighted by atomic mass is 10.2. The van der Waals surface area contributed by atoms with Gasteiger partial charge >= 0.3 is 0 Å². The molecule has 3 nitrogen and oxygen atoms in total. The number of rotatable bonds is 2. The quantitative estimate of drug-likeness (QED) is 0.805. The van der Waals surface area contributed by atoms with E-state index < -0.39 is 5.82 Å². The van der Waals surface area contributed by atoms with Crippen LogP contribution < -0.4 is 4.74 Å². The molecule has 1 aromatic heterocycles. The van der Waals surface area contributed by atoms with Crippen LogP contribution in [0.4, 0.5) is 4.39 Å². The van der Waals surface area contributed by atoms with Gasteiger partial charge in [-0.1, -0.05) is 23.7 Å². The van der Waals surface area contributed by atoms with Crippen LogP contribution in [0.25, 0.3) is 0 Å². The molecule has 0 fully saturated rings. The van der Waals surface area contributed by atoms with Crippen LogP contribution in [0.15, 0.2) is 30.3 Å². The monoisotopic (exact) mass is 238 g/mol. The summed E-state index contributed by atoms with van der Waals surface area (Å²) in [4.78, 5) is 0. The Labute approximate surface area is 96.8 Å². The molecule has 1 heterocycles. The molecule has 0 spiro atoms. The largest absolute Gasteiger partial charge is 0.434 e. The maximum absolute atomic E-state index is 13.6. The minimum absolute atomic E-state index is 0.122. The summed E-state index contributed by atoms with van der Waals surface area (Å²) >= 11 is 5.57. The highest BCUT2D eigenvalue weighted by Crippen LogP contribution is 2.24. The van der Waals surface area contributed by atoms with E-state index in [1.165, 1.54) is 18.2 Å². The van der Waals surface area contributed by atoms with Crippen LogP contribution >= 0.6 is 11.6 Å². The van der Waals surface area contributed by atoms with Crippen molar-refractivity contribution in [3.05, 3.63) is 46.9 Å². The van der Waals surface area contributed by atoms with Crippen molar-refractivity contribution in [1.82, 2.24) is 10.2 Å². The Morgan fingerprint density at radius 2 is 2.00 bits per heavy atom. The minimum atomic E-state index is -0.403. The predicted molar refractivity (Wildman–Crippen MR) is 58.3 cm³/mol. The summed E-state index contributed by atoms with van der Waals surface area (Å²) in [6.45, 7) is 1.66. The van der Waals surface area contributed by atoms with E-state index in [4.69, 9.17) is 16.3 Å². The van der Waals surface area contributed by atoms with Gasteiger partial charge in [-0.3, -0.25) is 0 Å². The van der Waals surface area contributed by atoms with Crippen molar-refractivity contribution in [1.29, 1.82) is 0 Å². The Morgan fingerprint density at radius 1 is 1.19 bits per heavy atom. The predicted octanol–water partition coefficient (Wildman–Crippen LogP) is 3.37. The van der Waals surface area contributed by atoms with Gasteiger partial charge in [0.15, 0.2) is 16.7 Å². The maximum Gasteiger partial charge on any atom is 0.239 e. The van der Waals surface area contributed by atoms with Gasteiger partial charge in [0, 0.05) is 6.07 Å². The number of aromatic nitrogens is 2. The van der Waals surface area contributed by atoms with Crippen molar-refractivity contribution in [3.63, 3.8) is 0 Å². The molecule has 0 saturated carbocycles. The Balaban J connectivity index is 2.27. The second-order valence-corrected chi connectivity index (χ2v) is 3.57. The molecule has 1 aromatic carbocycles. The van der Waals surface area contributed by atoms with E-state index in [-0.39, 0.29) is 16.8 Å². The fourth-order valence-electron chi connectivity index (χ4n) is 1.17. The van der Waals surface area contributed by atoms with Crippen LogP contribution in [-0.2, 0) is 0 Å². The van der Waals surface area contributed by atoms with E-state index in [0.29, 0.717) is 5.56 Å². The summed E-state index contributed by atoms with van der Waals surface area (Å²) in [6, 6.07) is 7.94. The first-order valence-corrected chi connectivity index (χ1v) is 4.97. The van der Waals surface area contributed by atoms with Crippen molar-refractivity contribution in [2.75, 3.05) is 0 Å². The first kappa shape index (κ1) is 10.8. The highest BCUT2D eigenvalue weighted by atomic mass is 35.5. The van der Waals surface area contributed by atoms with Gasteiger partial charge in [-0.25, -0.2) is 4.39 Å². The van der Waals surface area contributed by atoms with Crippen molar-refractivity contribution < 1.29 is 9.13 Å². The summed E-state index contributed by atoms with van der Waals surface area (Å²) in [5, 5.41) is 7.53. The summed E-state index contributed by atoms with van der Waals surface area (Å²) in [5.41, 5.74) is 0.513. The molecule has 0 amide bonds. The third-order valence-corrected chi connectivity index (χ3v) is 2.18. The van der Waals surface area contributed by atoms with Gasteiger partial charge in [0.05, 0.1) is 0 Å². The Morgan fingerprint density at radius 3 is 2.69 bits per heavy atom. The fraction of sp³-hybridized carbons (Fsp3) is 0.0909. The van der Waals surface area contributed by atoms with E-state index in [2.05, 4.69) is 10.2 Å². The van der Waals surface area contributed by atoms with Gasteiger partial charge in [-0.05, 0) is 24.6 Å². The molecule has 5 heteroatoms. The van der Waals surface area contributed by atoms with Crippen molar-refractivity contribution in [2.24, 2.45) is 0 Å². The molecule has 16 heavy (non-hydrogen) atoms. The van der Waals surface area contributed by atoms with Gasteiger partial charge in [-0.2, -0.15) is 0 Å². The summed E-state index contributed by atoms with van der Waals surface area (Å²) in [6.07, 6.45) is 0. The standard InChI is InChI=1S/C11H8ClFN2O/c1-7-3-2-4-8(11(7)13)16-10-6-5-9(12)14-15-10/h2-6H,1H3. The molecule has 82 valence electrons. The zero-order valence-corrected chi connectivity index (χ0v) is 9.20. The highest BCUT2D eigenvalue weighted by molar-refractivity contribution is 6.29. The van der Waals surface area contributed by atoms with E-state index in [1.807, 2.05) is 0 Å². The molecule has 0 N–H and O–H groups in total. The molecular formula is C11H8ClFN2O. The lowest BCUT2D eigenvalue weighted by Gasteiger charge is -2.06. The van der Waals surface area contributed by atoms with Gasteiger partial charge in [0.2, 0.25) is 5.88 Å².